The van der Waals surface area contributed by atoms with E-state index in [4.69, 9.17) is 4.74 Å². The molecule has 1 aromatic carbocycles. The average molecular weight is 331 g/mol. The number of ether oxygens (including phenoxy) is 1. The Kier molecular flexibility index (Phi) is 3.14. The number of rotatable bonds is 2. The molecule has 0 aliphatic carbocycles. The van der Waals surface area contributed by atoms with E-state index in [9.17, 15) is 19.7 Å². The summed E-state index contributed by atoms with van der Waals surface area (Å²) in [4.78, 5) is 37.8. The molecular weight excluding hydrogens is 314 g/mol. The lowest BCUT2D eigenvalue weighted by molar-refractivity contribution is -0.384. The minimum Gasteiger partial charge on any atom is -0.469 e. The third-order valence-electron chi connectivity index (χ3n) is 5.56. The van der Waals surface area contributed by atoms with Crippen LogP contribution in [0.1, 0.15) is 24.8 Å². The summed E-state index contributed by atoms with van der Waals surface area (Å²) >= 11 is 0. The van der Waals surface area contributed by atoms with E-state index >= 15 is 0 Å². The Balaban J connectivity index is 1.86. The summed E-state index contributed by atoms with van der Waals surface area (Å²) in [5, 5.41) is 14.0. The normalized spacial score (nSPS) is 31.0. The maximum atomic E-state index is 12.9. The molecule has 3 aliphatic heterocycles. The SMILES string of the molecule is COC(=O)[C@H]1C[C@]2(C(=O)Nc3ccc([N+](=O)[O-])cc32)N2CCC[C@@H]12. The van der Waals surface area contributed by atoms with Crippen LogP contribution in [-0.2, 0) is 19.9 Å². The first kappa shape index (κ1) is 15.1. The highest BCUT2D eigenvalue weighted by Gasteiger charge is 2.63. The van der Waals surface area contributed by atoms with Gasteiger partial charge in [-0.05, 0) is 31.9 Å². The Morgan fingerprint density at radius 1 is 1.50 bits per heavy atom. The minimum absolute atomic E-state index is 0.0538. The van der Waals surface area contributed by atoms with Crippen LogP contribution in [0, 0.1) is 16.0 Å². The molecule has 0 aromatic heterocycles. The number of non-ortho nitro benzene ring substituents is 1. The highest BCUT2D eigenvalue weighted by molar-refractivity contribution is 6.07. The second-order valence-electron chi connectivity index (χ2n) is 6.54. The molecular formula is C16H17N3O5. The van der Waals surface area contributed by atoms with Gasteiger partial charge >= 0.3 is 5.97 Å². The first-order valence-electron chi connectivity index (χ1n) is 7.94. The number of nitrogens with one attached hydrogen (secondary N) is 1. The molecule has 0 unspecified atom stereocenters. The number of hydrogen-bond acceptors (Lipinski definition) is 6. The summed E-state index contributed by atoms with van der Waals surface area (Å²) in [7, 11) is 1.35. The van der Waals surface area contributed by atoms with Crippen LogP contribution in [0.5, 0.6) is 0 Å². The topological polar surface area (TPSA) is 102 Å². The molecule has 24 heavy (non-hydrogen) atoms. The zero-order chi connectivity index (χ0) is 17.1. The van der Waals surface area contributed by atoms with E-state index in [1.54, 1.807) is 6.07 Å². The molecule has 3 aliphatic rings. The second kappa shape index (κ2) is 5.01. The van der Waals surface area contributed by atoms with Crippen LogP contribution in [0.4, 0.5) is 11.4 Å². The van der Waals surface area contributed by atoms with Crippen molar-refractivity contribution >= 4 is 23.3 Å². The fraction of sp³-hybridized carbons (Fsp3) is 0.500. The van der Waals surface area contributed by atoms with Crippen LogP contribution < -0.4 is 5.32 Å². The van der Waals surface area contributed by atoms with Crippen molar-refractivity contribution in [3.05, 3.63) is 33.9 Å². The lowest BCUT2D eigenvalue weighted by atomic mass is 9.84. The number of amides is 1. The van der Waals surface area contributed by atoms with E-state index in [-0.39, 0.29) is 23.6 Å². The standard InChI is InChI=1S/C16H17N3O5/c1-24-14(20)10-8-16(18-6-2-3-13(10)18)11-7-9(19(22)23)4-5-12(11)17-15(16)21/h4-5,7,10,13H,2-3,6,8H2,1H3,(H,17,21)/t10-,13-,16-/m0/s1. The van der Waals surface area contributed by atoms with Gasteiger partial charge in [-0.1, -0.05) is 0 Å². The summed E-state index contributed by atoms with van der Waals surface area (Å²) in [6.45, 7) is 0.688. The second-order valence-corrected chi connectivity index (χ2v) is 6.54. The third-order valence-corrected chi connectivity index (χ3v) is 5.56. The number of carbonyl (C=O) groups excluding carboxylic acids is 2. The van der Waals surface area contributed by atoms with Gasteiger partial charge in [-0.2, -0.15) is 0 Å². The molecule has 1 N–H and O–H groups in total. The summed E-state index contributed by atoms with van der Waals surface area (Å²) < 4.78 is 4.92. The highest BCUT2D eigenvalue weighted by Crippen LogP contribution is 2.54. The van der Waals surface area contributed by atoms with Crippen LogP contribution in [-0.4, -0.2) is 41.4 Å². The number of nitro groups is 1. The molecule has 0 bridgehead atoms. The average Bonchev–Trinajstić information content (AvgIpc) is 3.22. The van der Waals surface area contributed by atoms with Crippen LogP contribution in [0.2, 0.25) is 0 Å². The molecule has 3 atom stereocenters. The summed E-state index contributed by atoms with van der Waals surface area (Å²) in [6, 6.07) is 4.35. The Bertz CT molecular complexity index is 764. The van der Waals surface area contributed by atoms with E-state index in [0.717, 1.165) is 12.8 Å². The first-order chi connectivity index (χ1) is 11.5. The van der Waals surface area contributed by atoms with Gasteiger partial charge in [-0.25, -0.2) is 0 Å². The number of methoxy groups -OCH3 is 1. The number of fused-ring (bicyclic) bond motifs is 4. The van der Waals surface area contributed by atoms with Crippen molar-refractivity contribution < 1.29 is 19.2 Å². The predicted molar refractivity (Wildman–Crippen MR) is 83.3 cm³/mol. The van der Waals surface area contributed by atoms with Gasteiger partial charge in [0.2, 0.25) is 5.91 Å². The molecule has 0 saturated carbocycles. The van der Waals surface area contributed by atoms with Gasteiger partial charge < -0.3 is 10.1 Å². The van der Waals surface area contributed by atoms with Crippen LogP contribution >= 0.6 is 0 Å². The molecule has 3 heterocycles. The van der Waals surface area contributed by atoms with Gasteiger partial charge in [0.25, 0.3) is 5.69 Å². The van der Waals surface area contributed by atoms with Crippen molar-refractivity contribution in [1.82, 2.24) is 4.90 Å². The van der Waals surface area contributed by atoms with Crippen LogP contribution in [0.3, 0.4) is 0 Å². The predicted octanol–water partition coefficient (Wildman–Crippen LogP) is 1.40. The van der Waals surface area contributed by atoms with E-state index in [2.05, 4.69) is 5.32 Å². The van der Waals surface area contributed by atoms with E-state index in [1.165, 1.54) is 19.2 Å². The fourth-order valence-electron chi connectivity index (χ4n) is 4.58. The van der Waals surface area contributed by atoms with Gasteiger partial charge in [0.15, 0.2) is 0 Å². The highest BCUT2D eigenvalue weighted by atomic mass is 16.6. The van der Waals surface area contributed by atoms with E-state index in [1.807, 2.05) is 4.90 Å². The molecule has 1 aromatic rings. The van der Waals surface area contributed by atoms with Crippen molar-refractivity contribution in [2.45, 2.75) is 30.8 Å². The van der Waals surface area contributed by atoms with Gasteiger partial charge in [-0.3, -0.25) is 24.6 Å². The lowest BCUT2D eigenvalue weighted by Crippen LogP contribution is -2.47. The van der Waals surface area contributed by atoms with Crippen molar-refractivity contribution in [1.29, 1.82) is 0 Å². The molecule has 126 valence electrons. The Hall–Kier alpha value is -2.48. The number of nitro benzene ring substituents is 1. The lowest BCUT2D eigenvalue weighted by Gasteiger charge is -2.32. The van der Waals surface area contributed by atoms with Crippen molar-refractivity contribution in [2.75, 3.05) is 19.0 Å². The number of benzene rings is 1. The van der Waals surface area contributed by atoms with Gasteiger partial charge in [0.05, 0.1) is 18.0 Å². The number of esters is 1. The molecule has 2 fully saturated rings. The van der Waals surface area contributed by atoms with Crippen molar-refractivity contribution in [2.24, 2.45) is 5.92 Å². The smallest absolute Gasteiger partial charge is 0.310 e. The zero-order valence-corrected chi connectivity index (χ0v) is 13.2. The first-order valence-corrected chi connectivity index (χ1v) is 7.94. The van der Waals surface area contributed by atoms with Gasteiger partial charge in [0.1, 0.15) is 5.54 Å². The molecule has 1 spiro atoms. The Labute approximate surface area is 137 Å². The molecule has 4 rings (SSSR count). The summed E-state index contributed by atoms with van der Waals surface area (Å²) in [5.74, 6) is -0.930. The summed E-state index contributed by atoms with van der Waals surface area (Å²) in [5.41, 5.74) is 0.116. The van der Waals surface area contributed by atoms with Gasteiger partial charge in [-0.15, -0.1) is 0 Å². The fourth-order valence-corrected chi connectivity index (χ4v) is 4.58. The molecule has 2 saturated heterocycles. The Morgan fingerprint density at radius 2 is 2.29 bits per heavy atom. The molecule has 1 amide bonds. The molecule has 8 heteroatoms. The maximum Gasteiger partial charge on any atom is 0.310 e. The van der Waals surface area contributed by atoms with Crippen LogP contribution in [0.15, 0.2) is 18.2 Å². The van der Waals surface area contributed by atoms with E-state index in [0.29, 0.717) is 24.2 Å². The molecule has 8 nitrogen and oxygen atoms in total. The number of nitrogens with zero attached hydrogens (tertiary/aromatic N) is 2. The number of anilines is 1. The van der Waals surface area contributed by atoms with Crippen molar-refractivity contribution in [3.8, 4) is 0 Å². The van der Waals surface area contributed by atoms with E-state index < -0.39 is 16.4 Å². The summed E-state index contributed by atoms with van der Waals surface area (Å²) in [6.07, 6.45) is 2.00. The quantitative estimate of drug-likeness (QED) is 0.499. The Morgan fingerprint density at radius 3 is 3.00 bits per heavy atom. The van der Waals surface area contributed by atoms with Crippen molar-refractivity contribution in [3.63, 3.8) is 0 Å². The third kappa shape index (κ3) is 1.77. The zero-order valence-electron chi connectivity index (χ0n) is 13.2. The monoisotopic (exact) mass is 331 g/mol. The largest absolute Gasteiger partial charge is 0.469 e. The minimum atomic E-state index is -1.01. The van der Waals surface area contributed by atoms with Gasteiger partial charge in [0, 0.05) is 29.4 Å². The number of hydrogen-bond donors (Lipinski definition) is 1. The van der Waals surface area contributed by atoms with Crippen LogP contribution in [0.25, 0.3) is 0 Å². The maximum absolute atomic E-state index is 12.9. The molecule has 0 radical (unpaired) electrons. The number of carbonyl (C=O) groups is 2.